The highest BCUT2D eigenvalue weighted by molar-refractivity contribution is 9.10. The van der Waals surface area contributed by atoms with E-state index in [9.17, 15) is 0 Å². The number of nitrogens with two attached hydrogens (primary N) is 1. The van der Waals surface area contributed by atoms with Crippen molar-refractivity contribution in [2.45, 2.75) is 12.8 Å². The molecular weight excluding hydrogens is 380 g/mol. The second-order valence-corrected chi connectivity index (χ2v) is 6.71. The largest absolute Gasteiger partial charge is 0.368 e. The van der Waals surface area contributed by atoms with Crippen LogP contribution in [0.5, 0.6) is 0 Å². The van der Waals surface area contributed by atoms with Crippen LogP contribution in [0, 0.1) is 0 Å². The van der Waals surface area contributed by atoms with Gasteiger partial charge >= 0.3 is 0 Å². The Morgan fingerprint density at radius 2 is 1.96 bits per heavy atom. The maximum atomic E-state index is 5.99. The lowest BCUT2D eigenvalue weighted by Gasteiger charge is -2.13. The van der Waals surface area contributed by atoms with Crippen molar-refractivity contribution in [3.63, 3.8) is 0 Å². The van der Waals surface area contributed by atoms with Gasteiger partial charge in [-0.05, 0) is 45.8 Å². The molecule has 6 nitrogen and oxygen atoms in total. The van der Waals surface area contributed by atoms with Crippen molar-refractivity contribution in [2.24, 2.45) is 0 Å². The predicted octanol–water partition coefficient (Wildman–Crippen LogP) is 3.91. The number of pyridine rings is 2. The summed E-state index contributed by atoms with van der Waals surface area (Å²) < 4.78 is 0.910. The van der Waals surface area contributed by atoms with Crippen LogP contribution in [0.3, 0.4) is 0 Å². The first kappa shape index (κ1) is 15.7. The fourth-order valence-corrected chi connectivity index (χ4v) is 3.19. The van der Waals surface area contributed by atoms with Crippen molar-refractivity contribution >= 4 is 32.9 Å². The normalized spacial score (nSPS) is 12.4. The number of aromatic amines is 1. The van der Waals surface area contributed by atoms with Crippen molar-refractivity contribution in [3.05, 3.63) is 64.8 Å². The molecule has 4 aromatic heterocycles. The van der Waals surface area contributed by atoms with Gasteiger partial charge in [0.2, 0.25) is 5.95 Å². The molecule has 25 heavy (non-hydrogen) atoms. The molecular formula is C18H15BrN6. The highest BCUT2D eigenvalue weighted by atomic mass is 79.9. The lowest BCUT2D eigenvalue weighted by molar-refractivity contribution is 0.863. The zero-order valence-electron chi connectivity index (χ0n) is 13.4. The molecule has 3 N–H and O–H groups in total. The molecule has 0 aliphatic heterocycles. The van der Waals surface area contributed by atoms with Gasteiger partial charge in [0.05, 0.1) is 11.4 Å². The van der Waals surface area contributed by atoms with E-state index in [-0.39, 0.29) is 11.9 Å². The average molecular weight is 395 g/mol. The summed E-state index contributed by atoms with van der Waals surface area (Å²) in [6.45, 7) is 2.09. The fourth-order valence-electron chi connectivity index (χ4n) is 2.86. The third kappa shape index (κ3) is 2.98. The first-order valence-corrected chi connectivity index (χ1v) is 8.58. The van der Waals surface area contributed by atoms with Crippen molar-refractivity contribution in [2.75, 3.05) is 5.73 Å². The number of fused-ring (bicyclic) bond motifs is 1. The summed E-state index contributed by atoms with van der Waals surface area (Å²) in [6, 6.07) is 7.95. The molecule has 0 spiro atoms. The van der Waals surface area contributed by atoms with Gasteiger partial charge < -0.3 is 10.7 Å². The van der Waals surface area contributed by atoms with Gasteiger partial charge in [-0.2, -0.15) is 0 Å². The number of nitrogens with zero attached hydrogens (tertiary/aromatic N) is 4. The van der Waals surface area contributed by atoms with E-state index in [1.807, 2.05) is 30.5 Å². The molecule has 7 heteroatoms. The van der Waals surface area contributed by atoms with Crippen LogP contribution in [0.4, 0.5) is 5.95 Å². The molecule has 0 saturated heterocycles. The van der Waals surface area contributed by atoms with Crippen molar-refractivity contribution in [3.8, 4) is 11.3 Å². The molecule has 4 aromatic rings. The molecule has 0 fully saturated rings. The van der Waals surface area contributed by atoms with Crippen molar-refractivity contribution in [1.29, 1.82) is 0 Å². The number of hydrogen-bond acceptors (Lipinski definition) is 5. The van der Waals surface area contributed by atoms with E-state index in [4.69, 9.17) is 5.73 Å². The van der Waals surface area contributed by atoms with E-state index in [1.165, 1.54) is 0 Å². The fraction of sp³-hybridized carbons (Fsp3) is 0.111. The van der Waals surface area contributed by atoms with E-state index in [0.717, 1.165) is 38.0 Å². The first-order valence-electron chi connectivity index (χ1n) is 7.79. The quantitative estimate of drug-likeness (QED) is 0.549. The van der Waals surface area contributed by atoms with Crippen LogP contribution in [0.1, 0.15) is 24.1 Å². The third-order valence-corrected chi connectivity index (χ3v) is 4.62. The smallest absolute Gasteiger partial charge is 0.220 e. The Hall–Kier alpha value is -2.80. The van der Waals surface area contributed by atoms with E-state index in [1.54, 1.807) is 18.6 Å². The molecule has 0 bridgehead atoms. The van der Waals surface area contributed by atoms with Crippen LogP contribution in [0.25, 0.3) is 22.3 Å². The van der Waals surface area contributed by atoms with E-state index in [2.05, 4.69) is 47.8 Å². The van der Waals surface area contributed by atoms with E-state index < -0.39 is 0 Å². The minimum absolute atomic E-state index is 0.0853. The molecule has 4 rings (SSSR count). The van der Waals surface area contributed by atoms with Gasteiger partial charge in [0.15, 0.2) is 0 Å². The zero-order chi connectivity index (χ0) is 17.4. The number of aromatic nitrogens is 5. The van der Waals surface area contributed by atoms with Gasteiger partial charge in [-0.3, -0.25) is 4.98 Å². The molecule has 4 heterocycles. The number of H-pyrrole nitrogens is 1. The number of nitrogen functional groups attached to an aromatic ring is 1. The molecule has 1 atom stereocenters. The van der Waals surface area contributed by atoms with Crippen LogP contribution in [0.15, 0.2) is 53.5 Å². The highest BCUT2D eigenvalue weighted by Gasteiger charge is 2.15. The number of halogens is 1. The first-order chi connectivity index (χ1) is 12.1. The SMILES string of the molecule is CC(c1ccncc1)c1cc(-c2c[nH]c3ncc(Br)cc23)nc(N)n1. The summed E-state index contributed by atoms with van der Waals surface area (Å²) in [6.07, 6.45) is 7.21. The predicted molar refractivity (Wildman–Crippen MR) is 101 cm³/mol. The van der Waals surface area contributed by atoms with E-state index in [0.29, 0.717) is 0 Å². The van der Waals surface area contributed by atoms with Crippen LogP contribution >= 0.6 is 15.9 Å². The summed E-state index contributed by atoms with van der Waals surface area (Å²) in [5.74, 6) is 0.341. The summed E-state index contributed by atoms with van der Waals surface area (Å²) in [7, 11) is 0. The zero-order valence-corrected chi connectivity index (χ0v) is 15.0. The Balaban J connectivity index is 1.83. The summed E-state index contributed by atoms with van der Waals surface area (Å²) in [5.41, 5.74) is 10.5. The maximum absolute atomic E-state index is 5.99. The summed E-state index contributed by atoms with van der Waals surface area (Å²) in [5, 5.41) is 0.981. The van der Waals surface area contributed by atoms with Crippen molar-refractivity contribution < 1.29 is 0 Å². The van der Waals surface area contributed by atoms with E-state index >= 15 is 0 Å². The van der Waals surface area contributed by atoms with Crippen LogP contribution in [-0.4, -0.2) is 24.9 Å². The Kier molecular flexibility index (Phi) is 3.93. The second kappa shape index (κ2) is 6.25. The minimum Gasteiger partial charge on any atom is -0.368 e. The molecule has 0 saturated carbocycles. The Bertz CT molecular complexity index is 1040. The topological polar surface area (TPSA) is 93.4 Å². The van der Waals surface area contributed by atoms with Gasteiger partial charge in [-0.15, -0.1) is 0 Å². The maximum Gasteiger partial charge on any atom is 0.220 e. The minimum atomic E-state index is 0.0853. The number of nitrogens with one attached hydrogen (secondary N) is 1. The van der Waals surface area contributed by atoms with Gasteiger partial charge in [-0.25, -0.2) is 15.0 Å². The third-order valence-electron chi connectivity index (χ3n) is 4.19. The summed E-state index contributed by atoms with van der Waals surface area (Å²) >= 11 is 3.47. The van der Waals surface area contributed by atoms with Crippen LogP contribution in [0.2, 0.25) is 0 Å². The number of hydrogen-bond donors (Lipinski definition) is 2. The molecule has 1 unspecified atom stereocenters. The van der Waals surface area contributed by atoms with Gasteiger partial charge in [-0.1, -0.05) is 6.92 Å². The van der Waals surface area contributed by atoms with Crippen LogP contribution in [-0.2, 0) is 0 Å². The molecule has 124 valence electrons. The standard InChI is InChI=1S/C18H15BrN6/c1-10(11-2-4-21-5-3-11)15-7-16(25-18(20)24-15)14-9-23-17-13(14)6-12(19)8-22-17/h2-10H,1H3,(H,22,23)(H2,20,24,25). The Labute approximate surface area is 152 Å². The molecule has 0 aromatic carbocycles. The lowest BCUT2D eigenvalue weighted by Crippen LogP contribution is -2.05. The van der Waals surface area contributed by atoms with Gasteiger partial charge in [0, 0.05) is 46.1 Å². The summed E-state index contributed by atoms with van der Waals surface area (Å²) in [4.78, 5) is 20.5. The average Bonchev–Trinajstić information content (AvgIpc) is 3.04. The van der Waals surface area contributed by atoms with Crippen molar-refractivity contribution in [1.82, 2.24) is 24.9 Å². The monoisotopic (exact) mass is 394 g/mol. The number of anilines is 1. The van der Waals surface area contributed by atoms with Gasteiger partial charge in [0.25, 0.3) is 0 Å². The highest BCUT2D eigenvalue weighted by Crippen LogP contribution is 2.31. The number of rotatable bonds is 3. The van der Waals surface area contributed by atoms with Crippen LogP contribution < -0.4 is 5.73 Å². The molecule has 0 aliphatic carbocycles. The second-order valence-electron chi connectivity index (χ2n) is 5.79. The van der Waals surface area contributed by atoms with Gasteiger partial charge in [0.1, 0.15) is 5.65 Å². The Morgan fingerprint density at radius 1 is 1.16 bits per heavy atom. The molecule has 0 radical (unpaired) electrons. The molecule has 0 amide bonds. The molecule has 0 aliphatic rings. The lowest BCUT2D eigenvalue weighted by atomic mass is 9.97. The Morgan fingerprint density at radius 3 is 2.76 bits per heavy atom.